The van der Waals surface area contributed by atoms with E-state index in [-0.39, 0.29) is 0 Å². The highest BCUT2D eigenvalue weighted by Crippen LogP contribution is 2.17. The van der Waals surface area contributed by atoms with Gasteiger partial charge in [-0.15, -0.1) is 6.58 Å². The quantitative estimate of drug-likeness (QED) is 0.159. The molecule has 0 atom stereocenters. The van der Waals surface area contributed by atoms with Crippen molar-refractivity contribution in [2.24, 2.45) is 11.8 Å². The fourth-order valence-corrected chi connectivity index (χ4v) is 2.62. The van der Waals surface area contributed by atoms with E-state index in [1.54, 1.807) is 0 Å². The van der Waals surface area contributed by atoms with Gasteiger partial charge in [-0.25, -0.2) is 0 Å². The third-order valence-corrected chi connectivity index (χ3v) is 5.30. The maximum Gasteiger partial charge on any atom is -0.0293 e. The van der Waals surface area contributed by atoms with Gasteiger partial charge in [0.15, 0.2) is 0 Å². The van der Waals surface area contributed by atoms with E-state index in [9.17, 15) is 0 Å². The van der Waals surface area contributed by atoms with Crippen molar-refractivity contribution in [2.75, 3.05) is 0 Å². The molecule has 0 aromatic heterocycles. The maximum atomic E-state index is 3.56. The molecule has 0 spiro atoms. The van der Waals surface area contributed by atoms with Crippen LogP contribution in [-0.2, 0) is 0 Å². The molecular weight excluding hydrogens is 408 g/mol. The number of allylic oxidation sites excluding steroid dienone is 1. The number of unbranched alkanes of at least 4 members (excludes halogenated alkanes) is 10. The lowest BCUT2D eigenvalue weighted by atomic mass is 9.95. The van der Waals surface area contributed by atoms with Crippen molar-refractivity contribution in [1.82, 2.24) is 0 Å². The topological polar surface area (TPSA) is 0 Å². The van der Waals surface area contributed by atoms with Crippen LogP contribution in [0.25, 0.3) is 0 Å². The molecule has 0 aliphatic rings. The first-order valence-electron chi connectivity index (χ1n) is 16.0. The van der Waals surface area contributed by atoms with Gasteiger partial charge in [0.25, 0.3) is 0 Å². The van der Waals surface area contributed by atoms with Crippen molar-refractivity contribution in [2.45, 2.75) is 199 Å². The summed E-state index contributed by atoms with van der Waals surface area (Å²) in [5.74, 6) is 1.65. The van der Waals surface area contributed by atoms with Gasteiger partial charge in [0.1, 0.15) is 0 Å². The van der Waals surface area contributed by atoms with Crippen molar-refractivity contribution in [3.63, 3.8) is 0 Å². The summed E-state index contributed by atoms with van der Waals surface area (Å²) in [6.45, 7) is 31.8. The highest BCUT2D eigenvalue weighted by atomic mass is 14.1. The first-order chi connectivity index (χ1) is 16.4. The normalized spacial score (nSPS) is 9.03. The molecule has 0 heteroatoms. The Morgan fingerprint density at radius 2 is 0.794 bits per heavy atom. The molecule has 0 saturated carbocycles. The Balaban J connectivity index is -0.0000000846. The molecular formula is C34H78. The first kappa shape index (κ1) is 47.0. The molecule has 0 rings (SSSR count). The van der Waals surface area contributed by atoms with Gasteiger partial charge in [-0.3, -0.25) is 0 Å². The zero-order valence-electron chi connectivity index (χ0n) is 27.5. The Labute approximate surface area is 223 Å². The van der Waals surface area contributed by atoms with Crippen LogP contribution in [0.3, 0.4) is 0 Å². The van der Waals surface area contributed by atoms with Gasteiger partial charge < -0.3 is 0 Å². The van der Waals surface area contributed by atoms with Gasteiger partial charge in [0, 0.05) is 0 Å². The molecule has 0 bridgehead atoms. The standard InChI is InChI=1S/C15H32.C5H10.C5H12.C4H10.C3H8.C2H6/c1-4-7-8-9-10-11-12-13-14-15(5-2)6-3;1-4-5(2)3;1-3-5-4-2;1-3-4-2;1-3-2;1-2/h15H,4-14H2,1-3H3;4-5H,1H2,2-3H3;3-5H2,1-2H3;3-4H2,1-2H3;3H2,1-2H3;1-2H3. The summed E-state index contributed by atoms with van der Waals surface area (Å²) in [5.41, 5.74) is 0. The summed E-state index contributed by atoms with van der Waals surface area (Å²) < 4.78 is 0. The van der Waals surface area contributed by atoms with E-state index in [1.165, 1.54) is 109 Å². The van der Waals surface area contributed by atoms with E-state index in [0.29, 0.717) is 5.92 Å². The van der Waals surface area contributed by atoms with Crippen LogP contribution >= 0.6 is 0 Å². The minimum atomic E-state index is 0.648. The number of hydrogen-bond donors (Lipinski definition) is 0. The van der Waals surface area contributed by atoms with Gasteiger partial charge >= 0.3 is 0 Å². The molecule has 0 saturated heterocycles. The Morgan fingerprint density at radius 3 is 1.00 bits per heavy atom. The molecule has 0 amide bonds. The molecule has 0 unspecified atom stereocenters. The molecule has 0 aromatic carbocycles. The fourth-order valence-electron chi connectivity index (χ4n) is 2.62. The maximum absolute atomic E-state index is 3.56. The molecule has 0 aliphatic heterocycles. The Kier molecular flexibility index (Phi) is 80.9. The summed E-state index contributed by atoms with van der Waals surface area (Å²) in [6.07, 6.45) is 25.8. The molecule has 214 valence electrons. The predicted octanol–water partition coefficient (Wildman–Crippen LogP) is 14.2. The van der Waals surface area contributed by atoms with Crippen LogP contribution in [0.1, 0.15) is 199 Å². The third kappa shape index (κ3) is 85.4. The second kappa shape index (κ2) is 58.5. The minimum Gasteiger partial charge on any atom is -0.103 e. The van der Waals surface area contributed by atoms with Crippen LogP contribution in [0.15, 0.2) is 12.7 Å². The number of rotatable bonds is 15. The second-order valence-corrected chi connectivity index (χ2v) is 9.49. The van der Waals surface area contributed by atoms with Crippen molar-refractivity contribution in [1.29, 1.82) is 0 Å². The van der Waals surface area contributed by atoms with Crippen molar-refractivity contribution in [3.05, 3.63) is 12.7 Å². The van der Waals surface area contributed by atoms with Gasteiger partial charge in [-0.2, -0.15) is 0 Å². The summed E-state index contributed by atoms with van der Waals surface area (Å²) in [5, 5.41) is 0. The zero-order chi connectivity index (χ0) is 27.9. The van der Waals surface area contributed by atoms with Gasteiger partial charge in [-0.1, -0.05) is 205 Å². The fraction of sp³-hybridized carbons (Fsp3) is 0.941. The van der Waals surface area contributed by atoms with Crippen LogP contribution in [0.2, 0.25) is 0 Å². The highest BCUT2D eigenvalue weighted by molar-refractivity contribution is 4.69. The third-order valence-electron chi connectivity index (χ3n) is 5.30. The van der Waals surface area contributed by atoms with E-state index in [2.05, 4.69) is 82.7 Å². The van der Waals surface area contributed by atoms with Crippen LogP contribution in [-0.4, -0.2) is 0 Å². The van der Waals surface area contributed by atoms with E-state index < -0.39 is 0 Å². The summed E-state index contributed by atoms with van der Waals surface area (Å²) in [7, 11) is 0. The molecule has 0 aliphatic carbocycles. The average Bonchev–Trinajstić information content (AvgIpc) is 2.86. The second-order valence-electron chi connectivity index (χ2n) is 9.49. The van der Waals surface area contributed by atoms with Crippen LogP contribution < -0.4 is 0 Å². The first-order valence-corrected chi connectivity index (χ1v) is 16.0. The van der Waals surface area contributed by atoms with E-state index in [0.717, 1.165) is 5.92 Å². The van der Waals surface area contributed by atoms with Crippen molar-refractivity contribution >= 4 is 0 Å². The van der Waals surface area contributed by atoms with Crippen molar-refractivity contribution < 1.29 is 0 Å². The zero-order valence-corrected chi connectivity index (χ0v) is 27.5. The monoisotopic (exact) mass is 487 g/mol. The van der Waals surface area contributed by atoms with E-state index in [4.69, 9.17) is 0 Å². The molecule has 0 nitrogen and oxygen atoms in total. The molecule has 0 aromatic rings. The van der Waals surface area contributed by atoms with Crippen LogP contribution in [0, 0.1) is 11.8 Å². The lowest BCUT2D eigenvalue weighted by Crippen LogP contribution is -1.96. The minimum absolute atomic E-state index is 0.648. The Hall–Kier alpha value is -0.260. The molecule has 34 heavy (non-hydrogen) atoms. The smallest absolute Gasteiger partial charge is 0.0293 e. The largest absolute Gasteiger partial charge is 0.103 e. The Morgan fingerprint density at radius 1 is 0.500 bits per heavy atom. The SMILES string of the molecule is C=CC(C)C.CC.CCC.CCCC.CCCCC.CCCCCCCCCCC(CC)CC. The highest BCUT2D eigenvalue weighted by Gasteiger charge is 2.02. The predicted molar refractivity (Wildman–Crippen MR) is 169 cm³/mol. The number of hydrogen-bond acceptors (Lipinski definition) is 0. The van der Waals surface area contributed by atoms with Crippen LogP contribution in [0.4, 0.5) is 0 Å². The summed E-state index contributed by atoms with van der Waals surface area (Å²) in [6, 6.07) is 0. The van der Waals surface area contributed by atoms with Gasteiger partial charge in [0.05, 0.1) is 0 Å². The van der Waals surface area contributed by atoms with Crippen LogP contribution in [0.5, 0.6) is 0 Å². The summed E-state index contributed by atoms with van der Waals surface area (Å²) in [4.78, 5) is 0. The Bertz CT molecular complexity index is 232. The van der Waals surface area contributed by atoms with Crippen molar-refractivity contribution in [3.8, 4) is 0 Å². The lowest BCUT2D eigenvalue weighted by molar-refractivity contribution is 0.426. The average molecular weight is 487 g/mol. The van der Waals surface area contributed by atoms with Gasteiger partial charge in [0.2, 0.25) is 0 Å². The molecule has 0 N–H and O–H groups in total. The lowest BCUT2D eigenvalue weighted by Gasteiger charge is -2.11. The van der Waals surface area contributed by atoms with Gasteiger partial charge in [-0.05, 0) is 11.8 Å². The van der Waals surface area contributed by atoms with E-state index in [1.807, 2.05) is 19.9 Å². The molecule has 0 heterocycles. The molecule has 0 radical (unpaired) electrons. The molecule has 0 fully saturated rings. The van der Waals surface area contributed by atoms with E-state index >= 15 is 0 Å². The summed E-state index contributed by atoms with van der Waals surface area (Å²) >= 11 is 0.